The van der Waals surface area contributed by atoms with Gasteiger partial charge in [0.05, 0.1) is 0 Å². The van der Waals surface area contributed by atoms with Crippen LogP contribution in [-0.4, -0.2) is 17.3 Å². The first kappa shape index (κ1) is 15.5. The standard InChI is InChI=1S/C16H19BrN2S/c1-2-9-19-15(13-6-5-10-18-11-13)12-20-16-8-4-3-7-14(16)17/h3-8,10-11,15,19H,2,9,12H2,1H3. The molecule has 0 spiro atoms. The molecule has 0 radical (unpaired) electrons. The summed E-state index contributed by atoms with van der Waals surface area (Å²) in [5, 5.41) is 3.60. The van der Waals surface area contributed by atoms with Gasteiger partial charge in [0.25, 0.3) is 0 Å². The molecule has 0 aliphatic carbocycles. The fourth-order valence-corrected chi connectivity index (χ4v) is 3.57. The molecule has 0 bridgehead atoms. The molecule has 20 heavy (non-hydrogen) atoms. The average Bonchev–Trinajstić information content (AvgIpc) is 2.50. The second kappa shape index (κ2) is 8.45. The van der Waals surface area contributed by atoms with Crippen molar-refractivity contribution in [3.63, 3.8) is 0 Å². The summed E-state index contributed by atoms with van der Waals surface area (Å²) in [6.07, 6.45) is 4.91. The highest BCUT2D eigenvalue weighted by molar-refractivity contribution is 9.10. The number of nitrogens with zero attached hydrogens (tertiary/aromatic N) is 1. The van der Waals surface area contributed by atoms with Crippen LogP contribution in [0.1, 0.15) is 24.9 Å². The van der Waals surface area contributed by atoms with Crippen molar-refractivity contribution in [3.8, 4) is 0 Å². The van der Waals surface area contributed by atoms with Crippen molar-refractivity contribution < 1.29 is 0 Å². The van der Waals surface area contributed by atoms with Gasteiger partial charge in [0.15, 0.2) is 0 Å². The lowest BCUT2D eigenvalue weighted by molar-refractivity contribution is 0.576. The zero-order valence-corrected chi connectivity index (χ0v) is 14.0. The molecule has 0 amide bonds. The molecule has 1 aromatic carbocycles. The highest BCUT2D eigenvalue weighted by Crippen LogP contribution is 2.30. The van der Waals surface area contributed by atoms with Gasteiger partial charge < -0.3 is 5.32 Å². The summed E-state index contributed by atoms with van der Waals surface area (Å²) in [5.41, 5.74) is 1.25. The number of thioether (sulfide) groups is 1. The molecule has 0 fully saturated rings. The number of nitrogens with one attached hydrogen (secondary N) is 1. The molecule has 4 heteroatoms. The van der Waals surface area contributed by atoms with Gasteiger partial charge in [-0.2, -0.15) is 0 Å². The van der Waals surface area contributed by atoms with Crippen molar-refractivity contribution in [1.29, 1.82) is 0 Å². The summed E-state index contributed by atoms with van der Waals surface area (Å²) >= 11 is 5.46. The molecule has 0 aliphatic heterocycles. The first-order valence-electron chi connectivity index (χ1n) is 6.82. The predicted octanol–water partition coefficient (Wildman–Crippen LogP) is 4.68. The second-order valence-corrected chi connectivity index (χ2v) is 6.45. The quantitative estimate of drug-likeness (QED) is 0.734. The lowest BCUT2D eigenvalue weighted by Crippen LogP contribution is -2.24. The van der Waals surface area contributed by atoms with E-state index in [2.05, 4.69) is 57.4 Å². The lowest BCUT2D eigenvalue weighted by atomic mass is 10.1. The van der Waals surface area contributed by atoms with E-state index in [1.807, 2.05) is 36.3 Å². The number of rotatable bonds is 7. The van der Waals surface area contributed by atoms with Crippen molar-refractivity contribution in [2.75, 3.05) is 12.3 Å². The van der Waals surface area contributed by atoms with Crippen LogP contribution in [0.2, 0.25) is 0 Å². The van der Waals surface area contributed by atoms with Gasteiger partial charge in [0.1, 0.15) is 0 Å². The van der Waals surface area contributed by atoms with E-state index in [1.165, 1.54) is 10.5 Å². The minimum Gasteiger partial charge on any atom is -0.309 e. The van der Waals surface area contributed by atoms with Crippen molar-refractivity contribution in [1.82, 2.24) is 10.3 Å². The van der Waals surface area contributed by atoms with E-state index in [0.29, 0.717) is 6.04 Å². The van der Waals surface area contributed by atoms with E-state index >= 15 is 0 Å². The Kier molecular flexibility index (Phi) is 6.57. The smallest absolute Gasteiger partial charge is 0.0430 e. The van der Waals surface area contributed by atoms with E-state index in [0.717, 1.165) is 23.2 Å². The van der Waals surface area contributed by atoms with Crippen LogP contribution in [0.15, 0.2) is 58.2 Å². The third kappa shape index (κ3) is 4.62. The van der Waals surface area contributed by atoms with Crippen LogP contribution in [0.5, 0.6) is 0 Å². The predicted molar refractivity (Wildman–Crippen MR) is 90.1 cm³/mol. The maximum atomic E-state index is 4.23. The van der Waals surface area contributed by atoms with E-state index in [9.17, 15) is 0 Å². The monoisotopic (exact) mass is 350 g/mol. The molecule has 0 aliphatic rings. The molecule has 2 nitrogen and oxygen atoms in total. The highest BCUT2D eigenvalue weighted by atomic mass is 79.9. The molecule has 106 valence electrons. The van der Waals surface area contributed by atoms with Gasteiger partial charge in [-0.15, -0.1) is 11.8 Å². The topological polar surface area (TPSA) is 24.9 Å². The normalized spacial score (nSPS) is 12.3. The molecule has 0 saturated carbocycles. The first-order chi connectivity index (χ1) is 9.81. The number of pyridine rings is 1. The molecule has 1 N–H and O–H groups in total. The number of benzene rings is 1. The zero-order valence-electron chi connectivity index (χ0n) is 11.6. The van der Waals surface area contributed by atoms with E-state index in [4.69, 9.17) is 0 Å². The Morgan fingerprint density at radius 1 is 1.25 bits per heavy atom. The summed E-state index contributed by atoms with van der Waals surface area (Å²) in [4.78, 5) is 5.51. The van der Waals surface area contributed by atoms with Crippen LogP contribution < -0.4 is 5.32 Å². The highest BCUT2D eigenvalue weighted by Gasteiger charge is 2.12. The molecule has 1 heterocycles. The zero-order chi connectivity index (χ0) is 14.2. The van der Waals surface area contributed by atoms with Crippen molar-refractivity contribution >= 4 is 27.7 Å². The van der Waals surface area contributed by atoms with Crippen LogP contribution in [0.4, 0.5) is 0 Å². The lowest BCUT2D eigenvalue weighted by Gasteiger charge is -2.18. The number of hydrogen-bond acceptors (Lipinski definition) is 3. The third-order valence-corrected chi connectivity index (χ3v) is 5.09. The fraction of sp³-hybridized carbons (Fsp3) is 0.312. The number of hydrogen-bond donors (Lipinski definition) is 1. The van der Waals surface area contributed by atoms with Gasteiger partial charge in [0.2, 0.25) is 0 Å². The van der Waals surface area contributed by atoms with Gasteiger partial charge >= 0.3 is 0 Å². The Labute approximate surface area is 133 Å². The summed E-state index contributed by atoms with van der Waals surface area (Å²) in [5.74, 6) is 0.994. The summed E-state index contributed by atoms with van der Waals surface area (Å²) in [6.45, 7) is 3.21. The molecule has 1 aromatic heterocycles. The molecule has 2 rings (SSSR count). The maximum Gasteiger partial charge on any atom is 0.0430 e. The van der Waals surface area contributed by atoms with E-state index < -0.39 is 0 Å². The number of halogens is 1. The van der Waals surface area contributed by atoms with Gasteiger partial charge in [-0.25, -0.2) is 0 Å². The van der Waals surface area contributed by atoms with Gasteiger partial charge in [-0.1, -0.05) is 25.1 Å². The molecule has 1 unspecified atom stereocenters. The van der Waals surface area contributed by atoms with E-state index in [1.54, 1.807) is 0 Å². The minimum atomic E-state index is 0.334. The molecule has 2 aromatic rings. The Hall–Kier alpha value is -0.840. The largest absolute Gasteiger partial charge is 0.309 e. The number of aromatic nitrogens is 1. The summed E-state index contributed by atoms with van der Waals surface area (Å²) in [6, 6.07) is 12.8. The molecular formula is C16H19BrN2S. The first-order valence-corrected chi connectivity index (χ1v) is 8.59. The second-order valence-electron chi connectivity index (χ2n) is 4.53. The van der Waals surface area contributed by atoms with Crippen molar-refractivity contribution in [3.05, 3.63) is 58.8 Å². The SMILES string of the molecule is CCCNC(CSc1ccccc1Br)c1cccnc1. The molecular weight excluding hydrogens is 332 g/mol. The Balaban J connectivity index is 2.03. The van der Waals surface area contributed by atoms with Gasteiger partial charge in [-0.05, 0) is 52.7 Å². The van der Waals surface area contributed by atoms with Crippen molar-refractivity contribution in [2.24, 2.45) is 0 Å². The summed E-state index contributed by atoms with van der Waals surface area (Å²) < 4.78 is 1.16. The average molecular weight is 351 g/mol. The minimum absolute atomic E-state index is 0.334. The van der Waals surface area contributed by atoms with Crippen LogP contribution >= 0.6 is 27.7 Å². The Bertz CT molecular complexity index is 519. The Morgan fingerprint density at radius 2 is 2.10 bits per heavy atom. The molecule has 1 atom stereocenters. The van der Waals surface area contributed by atoms with Gasteiger partial charge in [0, 0.05) is 33.6 Å². The van der Waals surface area contributed by atoms with Crippen LogP contribution in [-0.2, 0) is 0 Å². The van der Waals surface area contributed by atoms with E-state index in [-0.39, 0.29) is 0 Å². The fourth-order valence-electron chi connectivity index (χ4n) is 1.91. The third-order valence-electron chi connectivity index (χ3n) is 2.97. The van der Waals surface area contributed by atoms with Crippen LogP contribution in [0, 0.1) is 0 Å². The van der Waals surface area contributed by atoms with Crippen LogP contribution in [0.25, 0.3) is 0 Å². The molecule has 0 saturated heterocycles. The van der Waals surface area contributed by atoms with Crippen molar-refractivity contribution in [2.45, 2.75) is 24.3 Å². The van der Waals surface area contributed by atoms with Crippen LogP contribution in [0.3, 0.4) is 0 Å². The Morgan fingerprint density at radius 3 is 2.80 bits per heavy atom. The summed E-state index contributed by atoms with van der Waals surface area (Å²) in [7, 11) is 0. The van der Waals surface area contributed by atoms with Gasteiger partial charge in [-0.3, -0.25) is 4.98 Å². The maximum absolute atomic E-state index is 4.23.